The molecule has 2 N–H and O–H groups in total. The average Bonchev–Trinajstić information content (AvgIpc) is 1.71. The monoisotopic (exact) mass is 118 g/mol. The van der Waals surface area contributed by atoms with Crippen molar-refractivity contribution in [3.05, 3.63) is 0 Å². The van der Waals surface area contributed by atoms with Crippen LogP contribution in [0.15, 0.2) is 5.16 Å². The van der Waals surface area contributed by atoms with Crippen molar-refractivity contribution < 1.29 is 5.21 Å². The van der Waals surface area contributed by atoms with Gasteiger partial charge in [-0.15, -0.1) is 5.16 Å². The van der Waals surface area contributed by atoms with Crippen LogP contribution >= 0.6 is 0 Å². The fourth-order valence-corrected chi connectivity index (χ4v) is 0.250. The zero-order valence-corrected chi connectivity index (χ0v) is 5.52. The first kappa shape index (κ1) is 10.4. The Balaban J connectivity index is 0. The third kappa shape index (κ3) is 52.1. The summed E-state index contributed by atoms with van der Waals surface area (Å²) in [7, 11) is 0. The minimum atomic E-state index is 1.09. The second kappa shape index (κ2) is 16.1. The van der Waals surface area contributed by atoms with Crippen molar-refractivity contribution in [2.45, 2.75) is 13.8 Å². The van der Waals surface area contributed by atoms with Crippen molar-refractivity contribution in [2.75, 3.05) is 13.1 Å². The van der Waals surface area contributed by atoms with Crippen molar-refractivity contribution in [3.8, 4) is 0 Å². The third-order valence-electron chi connectivity index (χ3n) is 0.500. The van der Waals surface area contributed by atoms with E-state index in [1.54, 1.807) is 0 Å². The first-order valence-corrected chi connectivity index (χ1v) is 2.64. The van der Waals surface area contributed by atoms with E-state index in [4.69, 9.17) is 5.21 Å². The molecule has 3 heteroatoms. The molecule has 0 bridgehead atoms. The zero-order chi connectivity index (χ0) is 6.83. The normalized spacial score (nSPS) is 6.75. The van der Waals surface area contributed by atoms with Gasteiger partial charge in [-0.1, -0.05) is 13.8 Å². The van der Waals surface area contributed by atoms with Gasteiger partial charge in [0.05, 0.1) is 0 Å². The molecule has 0 aromatic carbocycles. The molecule has 0 saturated heterocycles. The quantitative estimate of drug-likeness (QED) is 0.318. The van der Waals surface area contributed by atoms with E-state index >= 15 is 0 Å². The number of nitrogens with zero attached hydrogens (tertiary/aromatic N) is 1. The molecule has 8 heavy (non-hydrogen) atoms. The van der Waals surface area contributed by atoms with Gasteiger partial charge in [0.2, 0.25) is 0 Å². The smallest absolute Gasteiger partial charge is 0.0298 e. The first-order chi connectivity index (χ1) is 3.83. The highest BCUT2D eigenvalue weighted by Gasteiger charge is 1.62. The lowest BCUT2D eigenvalue weighted by Gasteiger charge is -1.86. The van der Waals surface area contributed by atoms with Crippen molar-refractivity contribution in [1.82, 2.24) is 5.32 Å². The molecule has 0 rings (SSSR count). The van der Waals surface area contributed by atoms with Crippen molar-refractivity contribution in [2.24, 2.45) is 5.16 Å². The third-order valence-corrected chi connectivity index (χ3v) is 0.500. The standard InChI is InChI=1S/C4H11N.CH3NO/c1-3-5-4-2;1-2-3/h5H,3-4H2,1-2H3;3H,1H2. The van der Waals surface area contributed by atoms with Gasteiger partial charge in [-0.25, -0.2) is 0 Å². The lowest BCUT2D eigenvalue weighted by Crippen LogP contribution is -2.09. The van der Waals surface area contributed by atoms with Gasteiger partial charge in [0, 0.05) is 6.72 Å². The second-order valence-corrected chi connectivity index (χ2v) is 1.10. The van der Waals surface area contributed by atoms with E-state index in [1.165, 1.54) is 0 Å². The van der Waals surface area contributed by atoms with Crippen LogP contribution < -0.4 is 5.32 Å². The summed E-state index contributed by atoms with van der Waals surface area (Å²) in [6, 6.07) is 0. The fraction of sp³-hybridized carbons (Fsp3) is 0.800. The van der Waals surface area contributed by atoms with Gasteiger partial charge in [0.1, 0.15) is 0 Å². The van der Waals surface area contributed by atoms with Crippen LogP contribution in [-0.2, 0) is 0 Å². The van der Waals surface area contributed by atoms with Gasteiger partial charge >= 0.3 is 0 Å². The summed E-state index contributed by atoms with van der Waals surface area (Å²) in [6.45, 7) is 9.06. The molecule has 0 amide bonds. The Morgan fingerprint density at radius 1 is 1.50 bits per heavy atom. The highest BCUT2D eigenvalue weighted by molar-refractivity contribution is 5.20. The molecular weight excluding hydrogens is 104 g/mol. The maximum absolute atomic E-state index is 7.08. The largest absolute Gasteiger partial charge is 0.411 e. The van der Waals surface area contributed by atoms with E-state index in [1.807, 2.05) is 0 Å². The molecule has 0 fully saturated rings. The van der Waals surface area contributed by atoms with Crippen LogP contribution in [0.5, 0.6) is 0 Å². The van der Waals surface area contributed by atoms with Crippen LogP contribution in [-0.4, -0.2) is 25.0 Å². The van der Waals surface area contributed by atoms with Crippen LogP contribution in [0.4, 0.5) is 0 Å². The average molecular weight is 118 g/mol. The Hall–Kier alpha value is -0.570. The Bertz CT molecular complexity index is 37.4. The molecule has 0 atom stereocenters. The predicted octanol–water partition coefficient (Wildman–Crippen LogP) is 0.692. The van der Waals surface area contributed by atoms with Gasteiger partial charge in [-0.2, -0.15) is 0 Å². The molecule has 0 heterocycles. The minimum Gasteiger partial charge on any atom is -0.411 e. The van der Waals surface area contributed by atoms with E-state index in [-0.39, 0.29) is 0 Å². The maximum atomic E-state index is 7.08. The molecular formula is C5H14N2O. The molecule has 0 unspecified atom stereocenters. The van der Waals surface area contributed by atoms with Crippen LogP contribution in [0.1, 0.15) is 13.8 Å². The summed E-state index contributed by atoms with van der Waals surface area (Å²) < 4.78 is 0. The van der Waals surface area contributed by atoms with E-state index < -0.39 is 0 Å². The maximum Gasteiger partial charge on any atom is 0.0298 e. The SMILES string of the molecule is C=NO.CCNCC. The van der Waals surface area contributed by atoms with Gasteiger partial charge in [-0.3, -0.25) is 0 Å². The van der Waals surface area contributed by atoms with Gasteiger partial charge in [0.15, 0.2) is 0 Å². The summed E-state index contributed by atoms with van der Waals surface area (Å²) in [5, 5.41) is 12.4. The fourth-order valence-electron chi connectivity index (χ4n) is 0.250. The zero-order valence-electron chi connectivity index (χ0n) is 5.52. The summed E-state index contributed by atoms with van der Waals surface area (Å²) >= 11 is 0. The molecule has 0 aromatic rings. The highest BCUT2D eigenvalue weighted by atomic mass is 16.4. The molecule has 0 aliphatic carbocycles. The van der Waals surface area contributed by atoms with Crippen LogP contribution in [0.25, 0.3) is 0 Å². The van der Waals surface area contributed by atoms with Gasteiger partial charge in [-0.05, 0) is 13.1 Å². The van der Waals surface area contributed by atoms with Crippen LogP contribution in [0, 0.1) is 0 Å². The number of oxime groups is 1. The predicted molar refractivity (Wildman–Crippen MR) is 35.6 cm³/mol. The van der Waals surface area contributed by atoms with E-state index in [0.717, 1.165) is 13.1 Å². The molecule has 0 saturated carbocycles. The molecule has 0 aliphatic heterocycles. The summed E-state index contributed by atoms with van der Waals surface area (Å²) in [5.41, 5.74) is 0. The highest BCUT2D eigenvalue weighted by Crippen LogP contribution is 1.47. The number of rotatable bonds is 2. The number of hydrogen-bond acceptors (Lipinski definition) is 3. The number of nitrogens with one attached hydrogen (secondary N) is 1. The molecule has 50 valence electrons. The summed E-state index contributed by atoms with van der Waals surface area (Å²) in [6.07, 6.45) is 0. The van der Waals surface area contributed by atoms with Gasteiger partial charge < -0.3 is 10.5 Å². The number of hydrogen-bond donors (Lipinski definition) is 2. The molecule has 0 aliphatic rings. The first-order valence-electron chi connectivity index (χ1n) is 2.64. The van der Waals surface area contributed by atoms with Crippen LogP contribution in [0.2, 0.25) is 0 Å². The Morgan fingerprint density at radius 3 is 1.75 bits per heavy atom. The van der Waals surface area contributed by atoms with Crippen molar-refractivity contribution in [3.63, 3.8) is 0 Å². The Kier molecular flexibility index (Phi) is 21.0. The lowest BCUT2D eigenvalue weighted by molar-refractivity contribution is 0.323. The molecule has 0 spiro atoms. The summed E-state index contributed by atoms with van der Waals surface area (Å²) in [4.78, 5) is 0. The molecule has 3 nitrogen and oxygen atoms in total. The van der Waals surface area contributed by atoms with Crippen LogP contribution in [0.3, 0.4) is 0 Å². The lowest BCUT2D eigenvalue weighted by atomic mass is 10.7. The van der Waals surface area contributed by atoms with E-state index in [0.29, 0.717) is 0 Å². The minimum absolute atomic E-state index is 1.09. The molecule has 0 radical (unpaired) electrons. The Labute approximate surface area is 50.4 Å². The summed E-state index contributed by atoms with van der Waals surface area (Å²) in [5.74, 6) is 0. The molecule has 0 aromatic heterocycles. The van der Waals surface area contributed by atoms with E-state index in [9.17, 15) is 0 Å². The van der Waals surface area contributed by atoms with Crippen molar-refractivity contribution in [1.29, 1.82) is 0 Å². The van der Waals surface area contributed by atoms with Gasteiger partial charge in [0.25, 0.3) is 0 Å². The van der Waals surface area contributed by atoms with Crippen molar-refractivity contribution >= 4 is 6.72 Å². The van der Waals surface area contributed by atoms with E-state index in [2.05, 4.69) is 31.0 Å². The second-order valence-electron chi connectivity index (χ2n) is 1.10. The Morgan fingerprint density at radius 2 is 1.75 bits per heavy atom. The topological polar surface area (TPSA) is 44.6 Å².